The van der Waals surface area contributed by atoms with E-state index in [1.165, 1.54) is 3.57 Å². The summed E-state index contributed by atoms with van der Waals surface area (Å²) in [4.78, 5) is 2.37. The van der Waals surface area contributed by atoms with Crippen molar-refractivity contribution in [1.29, 1.82) is 0 Å². The Balaban J connectivity index is 1.92. The van der Waals surface area contributed by atoms with Gasteiger partial charge in [0, 0.05) is 29.1 Å². The first-order chi connectivity index (χ1) is 9.06. The fraction of sp³-hybridized carbons (Fsp3) is 0.600. The third-order valence-electron chi connectivity index (χ3n) is 3.64. The quantitative estimate of drug-likeness (QED) is 0.820. The molecular weight excluding hydrogens is 353 g/mol. The second-order valence-electron chi connectivity index (χ2n) is 5.40. The van der Waals surface area contributed by atoms with Gasteiger partial charge in [-0.1, -0.05) is 12.1 Å². The molecule has 4 heteroatoms. The Kier molecular flexibility index (Phi) is 5.62. The molecule has 0 radical (unpaired) electrons. The summed E-state index contributed by atoms with van der Waals surface area (Å²) in [5, 5.41) is 10.3. The highest BCUT2D eigenvalue weighted by Gasteiger charge is 2.27. The third-order valence-corrected chi connectivity index (χ3v) is 4.36. The summed E-state index contributed by atoms with van der Waals surface area (Å²) in [5.74, 6) is 0. The zero-order valence-corrected chi connectivity index (χ0v) is 13.7. The molecule has 1 aliphatic rings. The Morgan fingerprint density at radius 3 is 2.68 bits per heavy atom. The Morgan fingerprint density at radius 1 is 1.37 bits per heavy atom. The van der Waals surface area contributed by atoms with Crippen molar-refractivity contribution in [2.24, 2.45) is 0 Å². The number of aliphatic hydroxyl groups excluding tert-OH is 1. The van der Waals surface area contributed by atoms with E-state index in [2.05, 4.69) is 65.6 Å². The number of morpholine rings is 1. The van der Waals surface area contributed by atoms with Crippen LogP contribution in [0.5, 0.6) is 0 Å². The fourth-order valence-electron chi connectivity index (χ4n) is 2.39. The van der Waals surface area contributed by atoms with Gasteiger partial charge in [-0.3, -0.25) is 4.90 Å². The van der Waals surface area contributed by atoms with E-state index in [4.69, 9.17) is 4.74 Å². The van der Waals surface area contributed by atoms with Crippen molar-refractivity contribution in [2.75, 3.05) is 19.7 Å². The molecule has 0 bridgehead atoms. The van der Waals surface area contributed by atoms with Crippen molar-refractivity contribution >= 4 is 22.6 Å². The van der Waals surface area contributed by atoms with E-state index < -0.39 is 6.10 Å². The highest BCUT2D eigenvalue weighted by Crippen LogP contribution is 2.16. The number of hydrogen-bond acceptors (Lipinski definition) is 3. The molecule has 2 atom stereocenters. The van der Waals surface area contributed by atoms with Crippen molar-refractivity contribution in [3.8, 4) is 0 Å². The molecule has 106 valence electrons. The van der Waals surface area contributed by atoms with E-state index in [1.807, 2.05) is 0 Å². The van der Waals surface area contributed by atoms with Crippen LogP contribution in [0.1, 0.15) is 19.4 Å². The molecule has 1 aromatic rings. The maximum absolute atomic E-state index is 10.3. The normalized spacial score (nSPS) is 22.7. The molecule has 0 saturated carbocycles. The molecule has 0 spiro atoms. The van der Waals surface area contributed by atoms with Crippen LogP contribution in [0.3, 0.4) is 0 Å². The van der Waals surface area contributed by atoms with E-state index in [0.29, 0.717) is 19.1 Å². The zero-order chi connectivity index (χ0) is 13.8. The van der Waals surface area contributed by atoms with Crippen LogP contribution < -0.4 is 0 Å². The topological polar surface area (TPSA) is 32.7 Å². The van der Waals surface area contributed by atoms with Crippen LogP contribution in [0, 0.1) is 3.57 Å². The van der Waals surface area contributed by atoms with E-state index in [0.717, 1.165) is 18.7 Å². The molecule has 2 unspecified atom stereocenters. The van der Waals surface area contributed by atoms with Crippen molar-refractivity contribution < 1.29 is 9.84 Å². The smallest absolute Gasteiger partial charge is 0.0964 e. The van der Waals surface area contributed by atoms with Crippen molar-refractivity contribution in [3.05, 3.63) is 33.4 Å². The van der Waals surface area contributed by atoms with Gasteiger partial charge in [0.15, 0.2) is 0 Å². The highest BCUT2D eigenvalue weighted by atomic mass is 127. The fourth-order valence-corrected chi connectivity index (χ4v) is 2.75. The van der Waals surface area contributed by atoms with Gasteiger partial charge in [0.2, 0.25) is 0 Å². The van der Waals surface area contributed by atoms with Crippen LogP contribution in [0.2, 0.25) is 0 Å². The van der Waals surface area contributed by atoms with Gasteiger partial charge in [-0.2, -0.15) is 0 Å². The van der Waals surface area contributed by atoms with Crippen LogP contribution in [0.25, 0.3) is 0 Å². The van der Waals surface area contributed by atoms with Crippen molar-refractivity contribution in [1.82, 2.24) is 4.90 Å². The Labute approximate surface area is 129 Å². The van der Waals surface area contributed by atoms with Crippen LogP contribution in [-0.4, -0.2) is 48.0 Å². The van der Waals surface area contributed by atoms with E-state index in [-0.39, 0.29) is 6.10 Å². The average molecular weight is 375 g/mol. The van der Waals surface area contributed by atoms with E-state index in [1.54, 1.807) is 0 Å². The maximum Gasteiger partial charge on any atom is 0.0964 e. The van der Waals surface area contributed by atoms with Crippen molar-refractivity contribution in [3.63, 3.8) is 0 Å². The molecule has 19 heavy (non-hydrogen) atoms. The molecule has 1 aromatic carbocycles. The molecule has 1 heterocycles. The molecule has 3 nitrogen and oxygen atoms in total. The van der Waals surface area contributed by atoms with Gasteiger partial charge in [-0.15, -0.1) is 0 Å². The number of nitrogens with zero attached hydrogens (tertiary/aromatic N) is 1. The van der Waals surface area contributed by atoms with Crippen LogP contribution in [-0.2, 0) is 11.2 Å². The summed E-state index contributed by atoms with van der Waals surface area (Å²) in [7, 11) is 0. The minimum Gasteiger partial charge on any atom is -0.390 e. The van der Waals surface area contributed by atoms with Gasteiger partial charge in [0.1, 0.15) is 0 Å². The lowest BCUT2D eigenvalue weighted by Crippen LogP contribution is -2.50. The monoisotopic (exact) mass is 375 g/mol. The minimum atomic E-state index is -0.429. The second kappa shape index (κ2) is 7.02. The third kappa shape index (κ3) is 4.41. The molecule has 1 fully saturated rings. The summed E-state index contributed by atoms with van der Waals surface area (Å²) in [6, 6.07) is 8.81. The lowest BCUT2D eigenvalue weighted by Gasteiger charge is -2.37. The number of aliphatic hydroxyl groups is 1. The van der Waals surface area contributed by atoms with E-state index >= 15 is 0 Å². The molecule has 0 aromatic heterocycles. The predicted octanol–water partition coefficient (Wildman–Crippen LogP) is 2.30. The van der Waals surface area contributed by atoms with Crippen LogP contribution >= 0.6 is 22.6 Å². The van der Waals surface area contributed by atoms with Gasteiger partial charge in [0.25, 0.3) is 0 Å². The number of ether oxygens (including phenoxy) is 1. The molecule has 1 aliphatic heterocycles. The lowest BCUT2D eigenvalue weighted by molar-refractivity contribution is -0.0940. The van der Waals surface area contributed by atoms with Gasteiger partial charge in [0.05, 0.1) is 18.8 Å². The number of hydrogen-bond donors (Lipinski definition) is 1. The van der Waals surface area contributed by atoms with Crippen LogP contribution in [0.15, 0.2) is 24.3 Å². The van der Waals surface area contributed by atoms with Gasteiger partial charge < -0.3 is 9.84 Å². The molecule has 0 amide bonds. The van der Waals surface area contributed by atoms with Gasteiger partial charge in [-0.25, -0.2) is 0 Å². The zero-order valence-electron chi connectivity index (χ0n) is 11.6. The van der Waals surface area contributed by atoms with Gasteiger partial charge in [-0.05, 0) is 54.1 Å². The van der Waals surface area contributed by atoms with Gasteiger partial charge >= 0.3 is 0 Å². The minimum absolute atomic E-state index is 0.0737. The summed E-state index contributed by atoms with van der Waals surface area (Å²) >= 11 is 2.29. The summed E-state index contributed by atoms with van der Waals surface area (Å²) < 4.78 is 6.94. The standard InChI is InChI=1S/C15H22INO2/c1-11(2)17-7-8-19-15(10-17)14(18)9-12-3-5-13(16)6-4-12/h3-6,11,14-15,18H,7-10H2,1-2H3. The lowest BCUT2D eigenvalue weighted by atomic mass is 10.0. The molecule has 2 rings (SSSR count). The highest BCUT2D eigenvalue weighted by molar-refractivity contribution is 14.1. The summed E-state index contributed by atoms with van der Waals surface area (Å²) in [5.41, 5.74) is 1.16. The summed E-state index contributed by atoms with van der Waals surface area (Å²) in [6.45, 7) is 6.88. The van der Waals surface area contributed by atoms with Crippen molar-refractivity contribution in [2.45, 2.75) is 38.5 Å². The SMILES string of the molecule is CC(C)N1CCOC(C(O)Cc2ccc(I)cc2)C1. The van der Waals surface area contributed by atoms with E-state index in [9.17, 15) is 5.11 Å². The predicted molar refractivity (Wildman–Crippen MR) is 85.3 cm³/mol. The first-order valence-electron chi connectivity index (χ1n) is 6.84. The number of halogens is 1. The Bertz CT molecular complexity index is 394. The average Bonchev–Trinajstić information content (AvgIpc) is 2.41. The first-order valence-corrected chi connectivity index (χ1v) is 7.92. The molecule has 1 N–H and O–H groups in total. The first kappa shape index (κ1) is 15.2. The Hall–Kier alpha value is -0.170. The molecule has 0 aliphatic carbocycles. The van der Waals surface area contributed by atoms with Crippen LogP contribution in [0.4, 0.5) is 0 Å². The molecule has 1 saturated heterocycles. The maximum atomic E-state index is 10.3. The largest absolute Gasteiger partial charge is 0.390 e. The number of benzene rings is 1. The second-order valence-corrected chi connectivity index (χ2v) is 6.64. The Morgan fingerprint density at radius 2 is 2.05 bits per heavy atom. The number of rotatable bonds is 4. The summed E-state index contributed by atoms with van der Waals surface area (Å²) in [6.07, 6.45) is 0.157. The molecular formula is C15H22INO2.